The molecule has 0 amide bonds. The zero-order valence-electron chi connectivity index (χ0n) is 14.5. The first-order valence-electron chi connectivity index (χ1n) is 9.04. The highest BCUT2D eigenvalue weighted by atomic mass is 14.9. The Morgan fingerprint density at radius 1 is 0.462 bits per heavy atom. The number of hydrogen-bond donors (Lipinski definition) is 0. The molecule has 6 aromatic rings. The molecule has 0 unspecified atom stereocenters. The average molecular weight is 331 g/mol. The van der Waals surface area contributed by atoms with Gasteiger partial charge in [-0.25, -0.2) is 0 Å². The summed E-state index contributed by atoms with van der Waals surface area (Å²) in [6.07, 6.45) is 0. The Morgan fingerprint density at radius 3 is 1.62 bits per heavy atom. The average Bonchev–Trinajstić information content (AvgIpc) is 3.01. The molecule has 6 rings (SSSR count). The van der Waals surface area contributed by atoms with Crippen LogP contribution in [0.15, 0.2) is 84.9 Å². The van der Waals surface area contributed by atoms with E-state index in [0.29, 0.717) is 0 Å². The molecule has 0 aliphatic carbocycles. The maximum Gasteiger partial charge on any atom is 0.0574 e. The van der Waals surface area contributed by atoms with Crippen molar-refractivity contribution in [3.05, 3.63) is 84.9 Å². The lowest BCUT2D eigenvalue weighted by Crippen LogP contribution is -1.90. The first kappa shape index (κ1) is 13.9. The normalized spacial score (nSPS) is 12.0. The van der Waals surface area contributed by atoms with E-state index >= 15 is 0 Å². The fourth-order valence-corrected chi connectivity index (χ4v) is 4.66. The molecule has 0 aliphatic heterocycles. The van der Waals surface area contributed by atoms with E-state index in [1.165, 1.54) is 54.1 Å². The van der Waals surface area contributed by atoms with E-state index in [2.05, 4.69) is 96.5 Å². The zero-order chi connectivity index (χ0) is 17.3. The summed E-state index contributed by atoms with van der Waals surface area (Å²) in [4.78, 5) is 0. The second kappa shape index (κ2) is 4.86. The molecule has 0 radical (unpaired) electrons. The van der Waals surface area contributed by atoms with Gasteiger partial charge in [-0.1, -0.05) is 78.9 Å². The van der Waals surface area contributed by atoms with Gasteiger partial charge in [-0.3, -0.25) is 0 Å². The minimum Gasteiger partial charge on any atom is -0.343 e. The fraction of sp³-hybridized carbons (Fsp3) is 0.0400. The van der Waals surface area contributed by atoms with Gasteiger partial charge in [0.25, 0.3) is 0 Å². The molecule has 122 valence electrons. The SMILES string of the molecule is Cn1c2ccccc2c2ccc3c4ccccc4c4ccccc4c3c21. The van der Waals surface area contributed by atoms with Gasteiger partial charge in [-0.2, -0.15) is 0 Å². The molecule has 0 spiro atoms. The summed E-state index contributed by atoms with van der Waals surface area (Å²) in [6.45, 7) is 0. The maximum atomic E-state index is 2.36. The number of nitrogens with zero attached hydrogens (tertiary/aromatic N) is 1. The molecule has 1 aromatic heterocycles. The van der Waals surface area contributed by atoms with E-state index in [1.54, 1.807) is 0 Å². The molecule has 0 saturated heterocycles. The van der Waals surface area contributed by atoms with E-state index in [4.69, 9.17) is 0 Å². The van der Waals surface area contributed by atoms with Crippen molar-refractivity contribution in [1.29, 1.82) is 0 Å². The number of rotatable bonds is 0. The third-order valence-corrected chi connectivity index (χ3v) is 5.77. The van der Waals surface area contributed by atoms with Crippen molar-refractivity contribution >= 4 is 54.1 Å². The van der Waals surface area contributed by atoms with Crippen LogP contribution in [0.25, 0.3) is 54.1 Å². The lowest BCUT2D eigenvalue weighted by Gasteiger charge is -2.12. The molecule has 1 nitrogen and oxygen atoms in total. The van der Waals surface area contributed by atoms with Gasteiger partial charge in [0.05, 0.1) is 5.52 Å². The van der Waals surface area contributed by atoms with E-state index in [9.17, 15) is 0 Å². The number of hydrogen-bond acceptors (Lipinski definition) is 0. The van der Waals surface area contributed by atoms with Crippen LogP contribution in [0.4, 0.5) is 0 Å². The summed E-state index contributed by atoms with van der Waals surface area (Å²) in [5.41, 5.74) is 2.61. The third-order valence-electron chi connectivity index (χ3n) is 5.77. The van der Waals surface area contributed by atoms with Crippen LogP contribution in [0.2, 0.25) is 0 Å². The number of aromatic nitrogens is 1. The lowest BCUT2D eigenvalue weighted by molar-refractivity contribution is 1.02. The molecular weight excluding hydrogens is 314 g/mol. The molecule has 0 atom stereocenters. The summed E-state index contributed by atoms with van der Waals surface area (Å²) in [5.74, 6) is 0. The van der Waals surface area contributed by atoms with Crippen LogP contribution >= 0.6 is 0 Å². The van der Waals surface area contributed by atoms with E-state index < -0.39 is 0 Å². The predicted molar refractivity (Wildman–Crippen MR) is 113 cm³/mol. The standard InChI is InChI=1S/C25H17N/c1-26-23-13-7-6-11-19(23)22-15-14-21-18-10-3-2-8-16(18)17-9-4-5-12-20(17)24(21)25(22)26/h2-15H,1H3. The van der Waals surface area contributed by atoms with Crippen LogP contribution in [-0.2, 0) is 7.05 Å². The lowest BCUT2D eigenvalue weighted by atomic mass is 9.93. The molecule has 0 saturated carbocycles. The van der Waals surface area contributed by atoms with Crippen LogP contribution in [0, 0.1) is 0 Å². The Hall–Kier alpha value is -3.32. The summed E-state index contributed by atoms with van der Waals surface area (Å²) in [5, 5.41) is 10.7. The molecule has 26 heavy (non-hydrogen) atoms. The van der Waals surface area contributed by atoms with Gasteiger partial charge >= 0.3 is 0 Å². The van der Waals surface area contributed by atoms with Crippen LogP contribution in [-0.4, -0.2) is 4.57 Å². The molecule has 0 aliphatic rings. The van der Waals surface area contributed by atoms with Crippen molar-refractivity contribution in [3.63, 3.8) is 0 Å². The predicted octanol–water partition coefficient (Wildman–Crippen LogP) is 6.79. The summed E-state index contributed by atoms with van der Waals surface area (Å²) in [6, 6.07) is 30.9. The van der Waals surface area contributed by atoms with E-state index in [-0.39, 0.29) is 0 Å². The Labute approximate surface area is 151 Å². The van der Waals surface area contributed by atoms with Crippen LogP contribution < -0.4 is 0 Å². The fourth-order valence-electron chi connectivity index (χ4n) is 4.66. The van der Waals surface area contributed by atoms with E-state index in [0.717, 1.165) is 0 Å². The molecule has 5 aromatic carbocycles. The highest BCUT2D eigenvalue weighted by Crippen LogP contribution is 2.41. The second-order valence-electron chi connectivity index (χ2n) is 7.05. The monoisotopic (exact) mass is 331 g/mol. The van der Waals surface area contributed by atoms with Crippen LogP contribution in [0.1, 0.15) is 0 Å². The van der Waals surface area contributed by atoms with Crippen LogP contribution in [0.3, 0.4) is 0 Å². The van der Waals surface area contributed by atoms with Crippen molar-refractivity contribution in [2.24, 2.45) is 7.05 Å². The molecule has 0 bridgehead atoms. The van der Waals surface area contributed by atoms with Crippen molar-refractivity contribution < 1.29 is 0 Å². The number of benzene rings is 5. The molecule has 0 fully saturated rings. The topological polar surface area (TPSA) is 4.93 Å². The highest BCUT2D eigenvalue weighted by molar-refractivity contribution is 6.33. The zero-order valence-corrected chi connectivity index (χ0v) is 14.5. The largest absolute Gasteiger partial charge is 0.343 e. The Bertz CT molecular complexity index is 1450. The van der Waals surface area contributed by atoms with Gasteiger partial charge in [-0.05, 0) is 33.0 Å². The Morgan fingerprint density at radius 2 is 0.923 bits per heavy atom. The van der Waals surface area contributed by atoms with Crippen molar-refractivity contribution in [2.45, 2.75) is 0 Å². The van der Waals surface area contributed by atoms with Gasteiger partial charge in [0.1, 0.15) is 0 Å². The minimum atomic E-state index is 1.28. The summed E-state index contributed by atoms with van der Waals surface area (Å²) in [7, 11) is 2.19. The number of aryl methyl sites for hydroxylation is 1. The molecular formula is C25H17N. The van der Waals surface area contributed by atoms with Crippen molar-refractivity contribution in [2.75, 3.05) is 0 Å². The second-order valence-corrected chi connectivity index (χ2v) is 7.05. The van der Waals surface area contributed by atoms with Gasteiger partial charge in [0.15, 0.2) is 0 Å². The molecule has 0 N–H and O–H groups in total. The highest BCUT2D eigenvalue weighted by Gasteiger charge is 2.15. The number of para-hydroxylation sites is 1. The quantitative estimate of drug-likeness (QED) is 0.270. The summed E-state index contributed by atoms with van der Waals surface area (Å²) < 4.78 is 2.36. The van der Waals surface area contributed by atoms with Crippen molar-refractivity contribution in [3.8, 4) is 0 Å². The van der Waals surface area contributed by atoms with Gasteiger partial charge < -0.3 is 4.57 Å². The van der Waals surface area contributed by atoms with Gasteiger partial charge in [0.2, 0.25) is 0 Å². The van der Waals surface area contributed by atoms with Gasteiger partial charge in [-0.15, -0.1) is 0 Å². The Balaban J connectivity index is 2.05. The third kappa shape index (κ3) is 1.60. The Kier molecular flexibility index (Phi) is 2.60. The first-order chi connectivity index (χ1) is 12.8. The molecule has 1 heteroatoms. The summed E-state index contributed by atoms with van der Waals surface area (Å²) >= 11 is 0. The first-order valence-corrected chi connectivity index (χ1v) is 9.04. The number of fused-ring (bicyclic) bond motifs is 10. The van der Waals surface area contributed by atoms with Gasteiger partial charge in [0, 0.05) is 28.7 Å². The molecule has 1 heterocycles. The maximum absolute atomic E-state index is 2.36. The smallest absolute Gasteiger partial charge is 0.0574 e. The minimum absolute atomic E-state index is 1.28. The van der Waals surface area contributed by atoms with Crippen molar-refractivity contribution in [1.82, 2.24) is 4.57 Å². The van der Waals surface area contributed by atoms with Crippen LogP contribution in [0.5, 0.6) is 0 Å². The van der Waals surface area contributed by atoms with E-state index in [1.807, 2.05) is 0 Å².